The van der Waals surface area contributed by atoms with Crippen molar-refractivity contribution in [2.45, 2.75) is 26.1 Å². The summed E-state index contributed by atoms with van der Waals surface area (Å²) in [7, 11) is 0. The van der Waals surface area contributed by atoms with Crippen LogP contribution in [0.2, 0.25) is 0 Å². The fourth-order valence-corrected chi connectivity index (χ4v) is 1.95. The van der Waals surface area contributed by atoms with Gasteiger partial charge in [-0.05, 0) is 25.1 Å². The van der Waals surface area contributed by atoms with Crippen LogP contribution in [-0.4, -0.2) is 12.7 Å². The molecule has 0 radical (unpaired) electrons. The summed E-state index contributed by atoms with van der Waals surface area (Å²) in [6.45, 7) is 3.66. The van der Waals surface area contributed by atoms with E-state index in [1.54, 1.807) is 19.1 Å². The standard InChI is InChI=1S/C13H14F3NO/c1-3-17-12(13(14,15)16)10-7-9-6-4-5-8(2)11(9)18-10/h4-7,12,17H,3H2,1-2H3. The van der Waals surface area contributed by atoms with Gasteiger partial charge in [-0.2, -0.15) is 13.2 Å². The Kier molecular flexibility index (Phi) is 3.34. The number of hydrogen-bond acceptors (Lipinski definition) is 2. The van der Waals surface area contributed by atoms with Gasteiger partial charge in [0.1, 0.15) is 11.3 Å². The van der Waals surface area contributed by atoms with Gasteiger partial charge in [0, 0.05) is 5.39 Å². The van der Waals surface area contributed by atoms with Gasteiger partial charge in [-0.15, -0.1) is 0 Å². The summed E-state index contributed by atoms with van der Waals surface area (Å²) in [6.07, 6.45) is -4.36. The fourth-order valence-electron chi connectivity index (χ4n) is 1.95. The zero-order valence-electron chi connectivity index (χ0n) is 10.1. The largest absolute Gasteiger partial charge is 0.459 e. The Morgan fingerprint density at radius 3 is 2.61 bits per heavy atom. The molecule has 2 rings (SSSR count). The summed E-state index contributed by atoms with van der Waals surface area (Å²) in [4.78, 5) is 0. The molecule has 0 saturated heterocycles. The lowest BCUT2D eigenvalue weighted by Gasteiger charge is -2.18. The van der Waals surface area contributed by atoms with Gasteiger partial charge in [0.05, 0.1) is 0 Å². The second-order valence-electron chi connectivity index (χ2n) is 4.17. The van der Waals surface area contributed by atoms with Gasteiger partial charge in [-0.25, -0.2) is 0 Å². The molecule has 1 N–H and O–H groups in total. The van der Waals surface area contributed by atoms with Crippen molar-refractivity contribution in [2.24, 2.45) is 0 Å². The van der Waals surface area contributed by atoms with Crippen LogP contribution in [0.3, 0.4) is 0 Å². The summed E-state index contributed by atoms with van der Waals surface area (Å²) in [5.41, 5.74) is 1.34. The molecule has 98 valence electrons. The van der Waals surface area contributed by atoms with E-state index in [1.807, 2.05) is 13.0 Å². The minimum atomic E-state index is -4.36. The van der Waals surface area contributed by atoms with Gasteiger partial charge < -0.3 is 9.73 Å². The normalized spacial score (nSPS) is 14.1. The van der Waals surface area contributed by atoms with Crippen LogP contribution in [0.1, 0.15) is 24.3 Å². The third kappa shape index (κ3) is 2.36. The fraction of sp³-hybridized carbons (Fsp3) is 0.385. The molecule has 0 fully saturated rings. The molecular weight excluding hydrogens is 243 g/mol. The van der Waals surface area contributed by atoms with Gasteiger partial charge in [-0.1, -0.05) is 25.1 Å². The third-order valence-corrected chi connectivity index (χ3v) is 2.78. The van der Waals surface area contributed by atoms with E-state index in [-0.39, 0.29) is 12.3 Å². The average Bonchev–Trinajstić information content (AvgIpc) is 2.69. The predicted molar refractivity (Wildman–Crippen MR) is 63.4 cm³/mol. The maximum atomic E-state index is 12.9. The highest BCUT2D eigenvalue weighted by atomic mass is 19.4. The Bertz CT molecular complexity index is 545. The van der Waals surface area contributed by atoms with E-state index in [4.69, 9.17) is 4.42 Å². The number of para-hydroxylation sites is 1. The number of fused-ring (bicyclic) bond motifs is 1. The first-order valence-corrected chi connectivity index (χ1v) is 5.72. The Labute approximate surface area is 103 Å². The zero-order chi connectivity index (χ0) is 13.3. The number of rotatable bonds is 3. The van der Waals surface area contributed by atoms with Crippen LogP contribution >= 0.6 is 0 Å². The molecule has 0 aliphatic rings. The average molecular weight is 257 g/mol. The monoisotopic (exact) mass is 257 g/mol. The highest BCUT2D eigenvalue weighted by Gasteiger charge is 2.42. The highest BCUT2D eigenvalue weighted by molar-refractivity contribution is 5.81. The molecule has 1 heterocycles. The van der Waals surface area contributed by atoms with Crippen LogP contribution < -0.4 is 5.32 Å². The van der Waals surface area contributed by atoms with Crippen molar-refractivity contribution >= 4 is 11.0 Å². The zero-order valence-corrected chi connectivity index (χ0v) is 10.1. The van der Waals surface area contributed by atoms with E-state index in [2.05, 4.69) is 5.32 Å². The quantitative estimate of drug-likeness (QED) is 0.900. The molecule has 0 spiro atoms. The molecule has 2 aromatic rings. The van der Waals surface area contributed by atoms with Gasteiger partial charge in [0.2, 0.25) is 0 Å². The molecule has 0 bridgehead atoms. The van der Waals surface area contributed by atoms with Gasteiger partial charge in [0.25, 0.3) is 0 Å². The Hall–Kier alpha value is -1.49. The molecule has 5 heteroatoms. The maximum absolute atomic E-state index is 12.9. The van der Waals surface area contributed by atoms with Crippen molar-refractivity contribution in [2.75, 3.05) is 6.54 Å². The molecule has 1 aromatic carbocycles. The van der Waals surface area contributed by atoms with Crippen molar-refractivity contribution in [1.82, 2.24) is 5.32 Å². The van der Waals surface area contributed by atoms with Crippen LogP contribution in [0.25, 0.3) is 11.0 Å². The van der Waals surface area contributed by atoms with Crippen molar-refractivity contribution < 1.29 is 17.6 Å². The lowest BCUT2D eigenvalue weighted by atomic mass is 10.1. The lowest BCUT2D eigenvalue weighted by molar-refractivity contribution is -0.161. The number of furan rings is 1. The number of nitrogens with one attached hydrogen (secondary N) is 1. The molecule has 1 unspecified atom stereocenters. The Morgan fingerprint density at radius 2 is 2.06 bits per heavy atom. The molecular formula is C13H14F3NO. The van der Waals surface area contributed by atoms with Crippen molar-refractivity contribution in [1.29, 1.82) is 0 Å². The number of aryl methyl sites for hydroxylation is 1. The smallest absolute Gasteiger partial charge is 0.410 e. The van der Waals surface area contributed by atoms with Gasteiger partial charge in [0.15, 0.2) is 6.04 Å². The van der Waals surface area contributed by atoms with Crippen LogP contribution in [-0.2, 0) is 0 Å². The molecule has 0 amide bonds. The molecule has 18 heavy (non-hydrogen) atoms. The summed E-state index contributed by atoms with van der Waals surface area (Å²) in [6, 6.07) is 5.05. The van der Waals surface area contributed by atoms with Gasteiger partial charge >= 0.3 is 6.18 Å². The first-order chi connectivity index (χ1) is 8.43. The number of halogens is 3. The predicted octanol–water partition coefficient (Wildman–Crippen LogP) is 3.95. The Morgan fingerprint density at radius 1 is 1.33 bits per heavy atom. The second-order valence-corrected chi connectivity index (χ2v) is 4.17. The minimum Gasteiger partial charge on any atom is -0.459 e. The van der Waals surface area contributed by atoms with Crippen molar-refractivity contribution in [3.05, 3.63) is 35.6 Å². The summed E-state index contributed by atoms with van der Waals surface area (Å²) >= 11 is 0. The van der Waals surface area contributed by atoms with Crippen LogP contribution in [0.5, 0.6) is 0 Å². The van der Waals surface area contributed by atoms with E-state index >= 15 is 0 Å². The van der Waals surface area contributed by atoms with Crippen LogP contribution in [0.15, 0.2) is 28.7 Å². The molecule has 2 nitrogen and oxygen atoms in total. The minimum absolute atomic E-state index is 0.0892. The molecule has 0 aliphatic heterocycles. The lowest BCUT2D eigenvalue weighted by Crippen LogP contribution is -2.33. The number of alkyl halides is 3. The van der Waals surface area contributed by atoms with E-state index in [0.29, 0.717) is 11.0 Å². The number of benzene rings is 1. The van der Waals surface area contributed by atoms with E-state index < -0.39 is 12.2 Å². The number of hydrogen-bond donors (Lipinski definition) is 1. The second kappa shape index (κ2) is 4.65. The Balaban J connectivity index is 2.48. The van der Waals surface area contributed by atoms with E-state index in [1.165, 1.54) is 6.07 Å². The molecule has 0 aliphatic carbocycles. The topological polar surface area (TPSA) is 25.2 Å². The third-order valence-electron chi connectivity index (χ3n) is 2.78. The van der Waals surface area contributed by atoms with Crippen LogP contribution in [0, 0.1) is 6.92 Å². The van der Waals surface area contributed by atoms with Crippen molar-refractivity contribution in [3.8, 4) is 0 Å². The van der Waals surface area contributed by atoms with Crippen LogP contribution in [0.4, 0.5) is 13.2 Å². The molecule has 1 atom stereocenters. The first-order valence-electron chi connectivity index (χ1n) is 5.72. The van der Waals surface area contributed by atoms with Crippen molar-refractivity contribution in [3.63, 3.8) is 0 Å². The summed E-state index contributed by atoms with van der Waals surface area (Å²) in [5, 5.41) is 3.09. The SMILES string of the molecule is CCNC(c1cc2cccc(C)c2o1)C(F)(F)F. The van der Waals surface area contributed by atoms with E-state index in [9.17, 15) is 13.2 Å². The first kappa shape index (κ1) is 13.0. The summed E-state index contributed by atoms with van der Waals surface area (Å²) < 4.78 is 44.1. The molecule has 1 aromatic heterocycles. The van der Waals surface area contributed by atoms with E-state index in [0.717, 1.165) is 5.56 Å². The highest BCUT2D eigenvalue weighted by Crippen LogP contribution is 2.36. The maximum Gasteiger partial charge on any atom is 0.410 e. The summed E-state index contributed by atoms with van der Waals surface area (Å²) in [5.74, 6) is -0.0892. The van der Waals surface area contributed by atoms with Gasteiger partial charge in [-0.3, -0.25) is 0 Å². The molecule has 0 saturated carbocycles.